The van der Waals surface area contributed by atoms with Gasteiger partial charge in [0.15, 0.2) is 0 Å². The second kappa shape index (κ2) is 10.9. The molecule has 0 saturated carbocycles. The lowest BCUT2D eigenvalue weighted by atomic mass is 9.96. The van der Waals surface area contributed by atoms with E-state index in [1.54, 1.807) is 10.8 Å². The van der Waals surface area contributed by atoms with Gasteiger partial charge in [0, 0.05) is 36.6 Å². The first kappa shape index (κ1) is 24.0. The average molecular weight is 461 g/mol. The lowest BCUT2D eigenvalue weighted by Gasteiger charge is -2.32. The number of nitrogens with one attached hydrogen (secondary N) is 2. The number of urea groups is 1. The Bertz CT molecular complexity index is 1180. The molecule has 1 fully saturated rings. The molecule has 0 aliphatic carbocycles. The number of carbonyl (C=O) groups is 1. The van der Waals surface area contributed by atoms with Crippen LogP contribution < -0.4 is 16.2 Å². The van der Waals surface area contributed by atoms with E-state index in [4.69, 9.17) is 0 Å². The van der Waals surface area contributed by atoms with Gasteiger partial charge < -0.3 is 15.2 Å². The molecule has 0 unspecified atom stereocenters. The molecular weight excluding hydrogens is 424 g/mol. The third-order valence-corrected chi connectivity index (χ3v) is 6.59. The summed E-state index contributed by atoms with van der Waals surface area (Å²) in [6.45, 7) is 10.6. The first-order valence-electron chi connectivity index (χ1n) is 12.3. The van der Waals surface area contributed by atoms with E-state index in [-0.39, 0.29) is 11.6 Å². The molecule has 1 aliphatic rings. The summed E-state index contributed by atoms with van der Waals surface area (Å²) < 4.78 is 1.70. The largest absolute Gasteiger partial charge is 0.338 e. The second-order valence-corrected chi connectivity index (χ2v) is 9.98. The first-order valence-corrected chi connectivity index (χ1v) is 12.3. The monoisotopic (exact) mass is 460 g/mol. The van der Waals surface area contributed by atoms with E-state index in [1.165, 1.54) is 11.1 Å². The molecular formula is C28H36N4O2. The number of hydrogen-bond acceptors (Lipinski definition) is 3. The van der Waals surface area contributed by atoms with Gasteiger partial charge in [0.2, 0.25) is 0 Å². The van der Waals surface area contributed by atoms with Crippen molar-refractivity contribution in [2.75, 3.05) is 25.0 Å². The van der Waals surface area contributed by atoms with E-state index in [0.29, 0.717) is 36.0 Å². The van der Waals surface area contributed by atoms with E-state index in [9.17, 15) is 9.59 Å². The highest BCUT2D eigenvalue weighted by atomic mass is 16.2. The van der Waals surface area contributed by atoms with E-state index < -0.39 is 0 Å². The predicted molar refractivity (Wildman–Crippen MR) is 139 cm³/mol. The van der Waals surface area contributed by atoms with Crippen LogP contribution in [0.2, 0.25) is 0 Å². The number of benzene rings is 2. The number of amides is 2. The number of aromatic nitrogens is 1. The van der Waals surface area contributed by atoms with Crippen molar-refractivity contribution in [1.29, 1.82) is 0 Å². The minimum Gasteiger partial charge on any atom is -0.338 e. The van der Waals surface area contributed by atoms with E-state index in [2.05, 4.69) is 60.6 Å². The van der Waals surface area contributed by atoms with Gasteiger partial charge >= 0.3 is 6.03 Å². The molecule has 0 atom stereocenters. The number of pyridine rings is 1. The maximum Gasteiger partial charge on any atom is 0.319 e. The van der Waals surface area contributed by atoms with Crippen molar-refractivity contribution >= 4 is 22.5 Å². The highest BCUT2D eigenvalue weighted by Gasteiger charge is 2.20. The van der Waals surface area contributed by atoms with Crippen molar-refractivity contribution in [2.24, 2.45) is 11.8 Å². The number of nitrogens with zero attached hydrogens (tertiary/aromatic N) is 2. The standard InChI is InChI=1S/C28H36N4O2/c1-20(2)17-32-19-26(24-6-4-5-7-25(24)27(32)33)30-28(34)29-16-22-12-14-31(15-13-22)18-23-10-8-21(3)9-11-23/h4-11,19-20,22H,12-18H2,1-3H3,(H2,29,30,34). The maximum absolute atomic E-state index is 12.8. The van der Waals surface area contributed by atoms with Crippen LogP contribution in [-0.2, 0) is 13.1 Å². The van der Waals surface area contributed by atoms with Gasteiger partial charge in [-0.2, -0.15) is 0 Å². The molecule has 180 valence electrons. The highest BCUT2D eigenvalue weighted by molar-refractivity contribution is 6.00. The molecule has 6 nitrogen and oxygen atoms in total. The highest BCUT2D eigenvalue weighted by Crippen LogP contribution is 2.22. The van der Waals surface area contributed by atoms with Crippen LogP contribution >= 0.6 is 0 Å². The molecule has 2 aromatic carbocycles. The predicted octanol–water partition coefficient (Wildman–Crippen LogP) is 5.00. The lowest BCUT2D eigenvalue weighted by molar-refractivity contribution is 0.175. The summed E-state index contributed by atoms with van der Waals surface area (Å²) in [5, 5.41) is 7.44. The lowest BCUT2D eigenvalue weighted by Crippen LogP contribution is -2.39. The van der Waals surface area contributed by atoms with Crippen molar-refractivity contribution in [3.8, 4) is 0 Å². The summed E-state index contributed by atoms with van der Waals surface area (Å²) in [7, 11) is 0. The Balaban J connectivity index is 1.32. The van der Waals surface area contributed by atoms with Crippen LogP contribution in [0.1, 0.15) is 37.8 Å². The quantitative estimate of drug-likeness (QED) is 0.521. The zero-order valence-corrected chi connectivity index (χ0v) is 20.5. The minimum atomic E-state index is -0.220. The molecule has 0 spiro atoms. The van der Waals surface area contributed by atoms with Crippen LogP contribution in [0.4, 0.5) is 10.5 Å². The molecule has 2 N–H and O–H groups in total. The summed E-state index contributed by atoms with van der Waals surface area (Å²) in [6.07, 6.45) is 3.93. The summed E-state index contributed by atoms with van der Waals surface area (Å²) in [6, 6.07) is 16.0. The molecule has 34 heavy (non-hydrogen) atoms. The van der Waals surface area contributed by atoms with E-state index >= 15 is 0 Å². The van der Waals surface area contributed by atoms with Gasteiger partial charge in [-0.15, -0.1) is 0 Å². The minimum absolute atomic E-state index is 0.0207. The smallest absolute Gasteiger partial charge is 0.319 e. The molecule has 0 radical (unpaired) electrons. The van der Waals surface area contributed by atoms with Crippen molar-refractivity contribution in [1.82, 2.24) is 14.8 Å². The number of fused-ring (bicyclic) bond motifs is 1. The fourth-order valence-electron chi connectivity index (χ4n) is 4.68. The van der Waals surface area contributed by atoms with Crippen molar-refractivity contribution in [3.05, 3.63) is 76.2 Å². The molecule has 4 rings (SSSR count). The molecule has 3 aromatic rings. The van der Waals surface area contributed by atoms with Gasteiger partial charge in [0.25, 0.3) is 5.56 Å². The number of piperidine rings is 1. The van der Waals surface area contributed by atoms with Crippen LogP contribution in [0.5, 0.6) is 0 Å². The van der Waals surface area contributed by atoms with Crippen molar-refractivity contribution in [2.45, 2.75) is 46.7 Å². The summed E-state index contributed by atoms with van der Waals surface area (Å²) in [5.41, 5.74) is 3.29. The number of aryl methyl sites for hydroxylation is 1. The summed E-state index contributed by atoms with van der Waals surface area (Å²) >= 11 is 0. The number of hydrogen-bond donors (Lipinski definition) is 2. The number of carbonyl (C=O) groups excluding carboxylic acids is 1. The van der Waals surface area contributed by atoms with E-state index in [1.807, 2.05) is 24.3 Å². The summed E-state index contributed by atoms with van der Waals surface area (Å²) in [4.78, 5) is 28.0. The Morgan fingerprint density at radius 3 is 2.38 bits per heavy atom. The fraction of sp³-hybridized carbons (Fsp3) is 0.429. The zero-order valence-electron chi connectivity index (χ0n) is 20.5. The van der Waals surface area contributed by atoms with Gasteiger partial charge in [0.05, 0.1) is 5.69 Å². The maximum atomic E-state index is 12.8. The van der Waals surface area contributed by atoms with Crippen LogP contribution in [0, 0.1) is 18.8 Å². The van der Waals surface area contributed by atoms with Crippen molar-refractivity contribution < 1.29 is 4.79 Å². The van der Waals surface area contributed by atoms with Gasteiger partial charge in [-0.3, -0.25) is 9.69 Å². The van der Waals surface area contributed by atoms with Gasteiger partial charge in [0.1, 0.15) is 0 Å². The Kier molecular flexibility index (Phi) is 7.68. The zero-order chi connectivity index (χ0) is 24.1. The molecule has 1 saturated heterocycles. The SMILES string of the molecule is Cc1ccc(CN2CCC(CNC(=O)Nc3cn(CC(C)C)c(=O)c4ccccc34)CC2)cc1. The number of anilines is 1. The van der Waals surface area contributed by atoms with Crippen LogP contribution in [0.3, 0.4) is 0 Å². The van der Waals surface area contributed by atoms with Crippen LogP contribution in [0.15, 0.2) is 59.5 Å². The third-order valence-electron chi connectivity index (χ3n) is 6.59. The summed E-state index contributed by atoms with van der Waals surface area (Å²) in [5.74, 6) is 0.809. The molecule has 1 aromatic heterocycles. The molecule has 0 bridgehead atoms. The van der Waals surface area contributed by atoms with E-state index in [0.717, 1.165) is 37.9 Å². The first-order chi connectivity index (χ1) is 16.4. The molecule has 2 heterocycles. The van der Waals surface area contributed by atoms with Crippen LogP contribution in [-0.4, -0.2) is 35.1 Å². The van der Waals surface area contributed by atoms with Gasteiger partial charge in [-0.25, -0.2) is 4.79 Å². The number of rotatable bonds is 7. The van der Waals surface area contributed by atoms with Gasteiger partial charge in [-0.1, -0.05) is 61.9 Å². The van der Waals surface area contributed by atoms with Crippen LogP contribution in [0.25, 0.3) is 10.8 Å². The topological polar surface area (TPSA) is 66.4 Å². The average Bonchev–Trinajstić information content (AvgIpc) is 2.83. The van der Waals surface area contributed by atoms with Gasteiger partial charge in [-0.05, 0) is 56.3 Å². The Morgan fingerprint density at radius 2 is 1.71 bits per heavy atom. The Hall–Kier alpha value is -3.12. The Labute approximate surface area is 202 Å². The van der Waals surface area contributed by atoms with Crippen molar-refractivity contribution in [3.63, 3.8) is 0 Å². The third kappa shape index (κ3) is 6.06. The molecule has 2 amide bonds. The normalized spacial score (nSPS) is 15.1. The second-order valence-electron chi connectivity index (χ2n) is 9.98. The fourth-order valence-corrected chi connectivity index (χ4v) is 4.68. The molecule has 6 heteroatoms. The molecule has 1 aliphatic heterocycles. The Morgan fingerprint density at radius 1 is 1.03 bits per heavy atom. The number of likely N-dealkylation sites (tertiary alicyclic amines) is 1.